The van der Waals surface area contributed by atoms with Gasteiger partial charge in [0.05, 0.1) is 4.90 Å². The molecular formula is C23H26O2S. The Morgan fingerprint density at radius 3 is 1.73 bits per heavy atom. The summed E-state index contributed by atoms with van der Waals surface area (Å²) >= 11 is 0. The predicted octanol–water partition coefficient (Wildman–Crippen LogP) is 5.53. The van der Waals surface area contributed by atoms with Gasteiger partial charge in [-0.15, -0.1) is 0 Å². The van der Waals surface area contributed by atoms with Gasteiger partial charge in [0.1, 0.15) is 0 Å². The largest absolute Gasteiger partial charge is 0.224 e. The fraction of sp³-hybridized carbons (Fsp3) is 0.391. The average molecular weight is 367 g/mol. The van der Waals surface area contributed by atoms with E-state index in [-0.39, 0.29) is 0 Å². The zero-order chi connectivity index (χ0) is 18.4. The van der Waals surface area contributed by atoms with Crippen LogP contribution in [-0.2, 0) is 16.3 Å². The van der Waals surface area contributed by atoms with Crippen LogP contribution in [0.25, 0.3) is 11.1 Å². The lowest BCUT2D eigenvalue weighted by atomic mass is 9.66. The van der Waals surface area contributed by atoms with Crippen molar-refractivity contribution in [2.75, 3.05) is 6.26 Å². The van der Waals surface area contributed by atoms with Gasteiger partial charge >= 0.3 is 0 Å². The average Bonchev–Trinajstić information content (AvgIpc) is 3.03. The zero-order valence-electron chi connectivity index (χ0n) is 15.6. The molecule has 136 valence electrons. The molecule has 0 radical (unpaired) electrons. The van der Waals surface area contributed by atoms with Crippen LogP contribution in [0, 0.1) is 5.41 Å². The van der Waals surface area contributed by atoms with Crippen LogP contribution >= 0.6 is 0 Å². The SMILES string of the molecule is CCc1ccc(C2=C(c3ccc(S(C)(=O)=O)cc3)CC3(CCC3)C2)cc1. The smallest absolute Gasteiger partial charge is 0.175 e. The van der Waals surface area contributed by atoms with Crippen LogP contribution in [0.3, 0.4) is 0 Å². The number of aryl methyl sites for hydroxylation is 1. The number of hydrogen-bond acceptors (Lipinski definition) is 2. The summed E-state index contributed by atoms with van der Waals surface area (Å²) < 4.78 is 23.5. The molecular weight excluding hydrogens is 340 g/mol. The summed E-state index contributed by atoms with van der Waals surface area (Å²) in [5, 5.41) is 0. The molecule has 0 aliphatic heterocycles. The van der Waals surface area contributed by atoms with Gasteiger partial charge in [-0.25, -0.2) is 8.42 Å². The van der Waals surface area contributed by atoms with Gasteiger partial charge in [0, 0.05) is 6.26 Å². The van der Waals surface area contributed by atoms with E-state index < -0.39 is 9.84 Å². The van der Waals surface area contributed by atoms with Gasteiger partial charge in [-0.05, 0) is 77.5 Å². The summed E-state index contributed by atoms with van der Waals surface area (Å²) in [7, 11) is -3.15. The van der Waals surface area contributed by atoms with Gasteiger partial charge in [-0.2, -0.15) is 0 Å². The van der Waals surface area contributed by atoms with Crippen LogP contribution in [0.2, 0.25) is 0 Å². The number of benzene rings is 2. The Labute approximate surface area is 156 Å². The first-order chi connectivity index (χ1) is 12.4. The van der Waals surface area contributed by atoms with Crippen molar-refractivity contribution < 1.29 is 8.42 Å². The Kier molecular flexibility index (Phi) is 4.31. The summed E-state index contributed by atoms with van der Waals surface area (Å²) in [6.07, 6.45) is 8.56. The normalized spacial score (nSPS) is 19.0. The third-order valence-corrected chi connectivity index (χ3v) is 7.35. The van der Waals surface area contributed by atoms with E-state index in [2.05, 4.69) is 31.2 Å². The van der Waals surface area contributed by atoms with Gasteiger partial charge in [0.2, 0.25) is 0 Å². The number of hydrogen-bond donors (Lipinski definition) is 0. The second-order valence-corrected chi connectivity index (χ2v) is 10.0. The molecule has 0 amide bonds. The molecule has 2 aromatic carbocycles. The first-order valence-corrected chi connectivity index (χ1v) is 11.4. The van der Waals surface area contributed by atoms with Crippen LogP contribution in [0.15, 0.2) is 53.4 Å². The Morgan fingerprint density at radius 1 is 0.846 bits per heavy atom. The van der Waals surface area contributed by atoms with Crippen LogP contribution in [0.4, 0.5) is 0 Å². The standard InChI is InChI=1S/C23H26O2S/c1-3-17-5-7-18(8-6-17)21-15-23(13-4-14-23)16-22(21)19-9-11-20(12-10-19)26(2,24)25/h5-12H,3-4,13-16H2,1-2H3. The van der Waals surface area contributed by atoms with Crippen molar-refractivity contribution in [3.8, 4) is 0 Å². The number of allylic oxidation sites excluding steroid dienone is 2. The highest BCUT2D eigenvalue weighted by Gasteiger charge is 2.43. The second kappa shape index (κ2) is 6.38. The minimum atomic E-state index is -3.15. The van der Waals surface area contributed by atoms with Crippen LogP contribution in [0.5, 0.6) is 0 Å². The zero-order valence-corrected chi connectivity index (χ0v) is 16.4. The molecule has 1 saturated carbocycles. The predicted molar refractivity (Wildman–Crippen MR) is 108 cm³/mol. The van der Waals surface area contributed by atoms with Crippen molar-refractivity contribution in [3.05, 3.63) is 65.2 Å². The minimum absolute atomic E-state index is 0.395. The van der Waals surface area contributed by atoms with Crippen LogP contribution in [-0.4, -0.2) is 14.7 Å². The first kappa shape index (κ1) is 17.5. The molecule has 0 aromatic heterocycles. The number of rotatable bonds is 4. The van der Waals surface area contributed by atoms with Crippen LogP contribution < -0.4 is 0 Å². The van der Waals surface area contributed by atoms with Crippen molar-refractivity contribution in [2.24, 2.45) is 5.41 Å². The minimum Gasteiger partial charge on any atom is -0.224 e. The fourth-order valence-corrected chi connectivity index (χ4v) is 5.08. The van der Waals surface area contributed by atoms with Gasteiger partial charge in [0.25, 0.3) is 0 Å². The van der Waals surface area contributed by atoms with E-state index in [4.69, 9.17) is 0 Å². The molecule has 1 spiro atoms. The van der Waals surface area contributed by atoms with E-state index in [0.717, 1.165) is 19.3 Å². The van der Waals surface area contributed by atoms with Crippen molar-refractivity contribution >= 4 is 21.0 Å². The topological polar surface area (TPSA) is 34.1 Å². The quantitative estimate of drug-likeness (QED) is 0.713. The van der Waals surface area contributed by atoms with Crippen molar-refractivity contribution in [1.29, 1.82) is 0 Å². The maximum atomic E-state index is 11.8. The summed E-state index contributed by atoms with van der Waals surface area (Å²) in [4.78, 5) is 0.395. The lowest BCUT2D eigenvalue weighted by Crippen LogP contribution is -2.26. The van der Waals surface area contributed by atoms with E-state index in [1.807, 2.05) is 12.1 Å². The molecule has 0 unspecified atom stereocenters. The summed E-state index contributed by atoms with van der Waals surface area (Å²) in [5.41, 5.74) is 7.19. The lowest BCUT2D eigenvalue weighted by molar-refractivity contribution is 0.157. The van der Waals surface area contributed by atoms with E-state index in [9.17, 15) is 8.42 Å². The van der Waals surface area contributed by atoms with Crippen molar-refractivity contribution in [2.45, 2.75) is 50.3 Å². The van der Waals surface area contributed by atoms with Crippen molar-refractivity contribution in [3.63, 3.8) is 0 Å². The number of sulfone groups is 1. The van der Waals surface area contributed by atoms with Gasteiger partial charge in [0.15, 0.2) is 9.84 Å². The van der Waals surface area contributed by atoms with E-state index in [0.29, 0.717) is 10.3 Å². The van der Waals surface area contributed by atoms with E-state index >= 15 is 0 Å². The lowest BCUT2D eigenvalue weighted by Gasteiger charge is -2.39. The molecule has 2 aromatic rings. The Balaban J connectivity index is 1.75. The highest BCUT2D eigenvalue weighted by molar-refractivity contribution is 7.90. The molecule has 0 atom stereocenters. The molecule has 0 saturated heterocycles. The second-order valence-electron chi connectivity index (χ2n) is 8.01. The molecule has 26 heavy (non-hydrogen) atoms. The fourth-order valence-electron chi connectivity index (χ4n) is 4.45. The molecule has 1 fully saturated rings. The van der Waals surface area contributed by atoms with Gasteiger partial charge in [-0.1, -0.05) is 49.7 Å². The molecule has 2 aliphatic carbocycles. The Hall–Kier alpha value is -1.87. The highest BCUT2D eigenvalue weighted by Crippen LogP contribution is 2.59. The Bertz CT molecular complexity index is 944. The third-order valence-electron chi connectivity index (χ3n) is 6.22. The molecule has 0 heterocycles. The maximum absolute atomic E-state index is 11.8. The summed E-state index contributed by atoms with van der Waals surface area (Å²) in [6.45, 7) is 2.18. The molecule has 0 N–H and O–H groups in total. The van der Waals surface area contributed by atoms with E-state index in [1.165, 1.54) is 53.4 Å². The summed E-state index contributed by atoms with van der Waals surface area (Å²) in [5.74, 6) is 0. The molecule has 0 bridgehead atoms. The molecule has 2 nitrogen and oxygen atoms in total. The molecule has 4 rings (SSSR count). The first-order valence-electron chi connectivity index (χ1n) is 9.52. The van der Waals surface area contributed by atoms with Gasteiger partial charge in [-0.3, -0.25) is 0 Å². The monoisotopic (exact) mass is 366 g/mol. The van der Waals surface area contributed by atoms with Crippen molar-refractivity contribution in [1.82, 2.24) is 0 Å². The third kappa shape index (κ3) is 3.14. The highest BCUT2D eigenvalue weighted by atomic mass is 32.2. The van der Waals surface area contributed by atoms with E-state index in [1.54, 1.807) is 12.1 Å². The van der Waals surface area contributed by atoms with Crippen LogP contribution in [0.1, 0.15) is 55.7 Å². The molecule has 3 heteroatoms. The Morgan fingerprint density at radius 2 is 1.35 bits per heavy atom. The maximum Gasteiger partial charge on any atom is 0.175 e. The summed E-state index contributed by atoms with van der Waals surface area (Å²) in [6, 6.07) is 16.5. The van der Waals surface area contributed by atoms with Gasteiger partial charge < -0.3 is 0 Å². The molecule has 2 aliphatic rings.